The lowest BCUT2D eigenvalue weighted by atomic mass is 9.79. The van der Waals surface area contributed by atoms with Crippen molar-refractivity contribution in [3.63, 3.8) is 0 Å². The number of aryl methyl sites for hydroxylation is 1. The second-order valence-electron chi connectivity index (χ2n) is 6.53. The number of alkyl halides is 3. The average Bonchev–Trinajstić information content (AvgIpc) is 2.40. The number of rotatable bonds is 3. The smallest absolute Gasteiger partial charge is 0.382 e. The van der Waals surface area contributed by atoms with Crippen molar-refractivity contribution in [3.05, 3.63) is 29.3 Å². The first-order chi connectivity index (χ1) is 9.77. The molecule has 0 bridgehead atoms. The van der Waals surface area contributed by atoms with Crippen LogP contribution < -0.4 is 5.32 Å². The standard InChI is InChI=1S/C17H24F3N/c1-11(2)13-5-8-14(9-6-13)21-15-7-4-12(3)16(10-15)17(18,19)20/h4,7,10-11,13-14,21H,5-6,8-9H2,1-3H3. The Kier molecular flexibility index (Phi) is 4.84. The van der Waals surface area contributed by atoms with Gasteiger partial charge in [-0.05, 0) is 62.1 Å². The minimum Gasteiger partial charge on any atom is -0.382 e. The molecule has 1 aromatic rings. The molecule has 4 heteroatoms. The zero-order valence-corrected chi connectivity index (χ0v) is 12.9. The van der Waals surface area contributed by atoms with E-state index in [4.69, 9.17) is 0 Å². The molecule has 0 radical (unpaired) electrons. The van der Waals surface area contributed by atoms with E-state index in [0.717, 1.165) is 31.6 Å². The molecule has 1 N–H and O–H groups in total. The molecular formula is C17H24F3N. The molecule has 1 saturated carbocycles. The highest BCUT2D eigenvalue weighted by Crippen LogP contribution is 2.35. The molecule has 0 aliphatic heterocycles. The summed E-state index contributed by atoms with van der Waals surface area (Å²) in [6, 6.07) is 4.83. The van der Waals surface area contributed by atoms with Crippen LogP contribution in [-0.4, -0.2) is 6.04 Å². The molecule has 0 unspecified atom stereocenters. The van der Waals surface area contributed by atoms with Crippen LogP contribution in [0.3, 0.4) is 0 Å². The van der Waals surface area contributed by atoms with E-state index in [1.165, 1.54) is 13.0 Å². The number of benzene rings is 1. The van der Waals surface area contributed by atoms with Crippen LogP contribution in [0, 0.1) is 18.8 Å². The first kappa shape index (κ1) is 16.2. The Balaban J connectivity index is 2.01. The van der Waals surface area contributed by atoms with Gasteiger partial charge in [-0.1, -0.05) is 19.9 Å². The summed E-state index contributed by atoms with van der Waals surface area (Å²) in [5.74, 6) is 1.45. The molecule has 1 aliphatic rings. The Bertz CT molecular complexity index is 471. The quantitative estimate of drug-likeness (QED) is 0.761. The number of anilines is 1. The fraction of sp³-hybridized carbons (Fsp3) is 0.647. The largest absolute Gasteiger partial charge is 0.416 e. The van der Waals surface area contributed by atoms with Gasteiger partial charge in [-0.2, -0.15) is 13.2 Å². The first-order valence-corrected chi connectivity index (χ1v) is 7.71. The molecule has 0 aromatic heterocycles. The van der Waals surface area contributed by atoms with Crippen molar-refractivity contribution in [1.82, 2.24) is 0 Å². The summed E-state index contributed by atoms with van der Waals surface area (Å²) in [5, 5.41) is 3.28. The van der Waals surface area contributed by atoms with Gasteiger partial charge in [0.15, 0.2) is 0 Å². The van der Waals surface area contributed by atoms with Gasteiger partial charge in [0.1, 0.15) is 0 Å². The lowest BCUT2D eigenvalue weighted by Crippen LogP contribution is -2.28. The Morgan fingerprint density at radius 3 is 2.24 bits per heavy atom. The van der Waals surface area contributed by atoms with Gasteiger partial charge >= 0.3 is 6.18 Å². The van der Waals surface area contributed by atoms with Crippen LogP contribution in [0.5, 0.6) is 0 Å². The molecule has 2 rings (SSSR count). The van der Waals surface area contributed by atoms with Crippen LogP contribution in [0.15, 0.2) is 18.2 Å². The molecule has 0 saturated heterocycles. The highest BCUT2D eigenvalue weighted by atomic mass is 19.4. The van der Waals surface area contributed by atoms with Gasteiger partial charge in [0.2, 0.25) is 0 Å². The second-order valence-corrected chi connectivity index (χ2v) is 6.53. The highest BCUT2D eigenvalue weighted by Gasteiger charge is 2.32. The zero-order chi connectivity index (χ0) is 15.6. The normalized spacial score (nSPS) is 23.4. The Morgan fingerprint density at radius 1 is 1.10 bits per heavy atom. The maximum Gasteiger partial charge on any atom is 0.416 e. The minimum absolute atomic E-state index is 0.275. The molecule has 1 fully saturated rings. The Morgan fingerprint density at radius 2 is 1.71 bits per heavy atom. The summed E-state index contributed by atoms with van der Waals surface area (Å²) in [6.45, 7) is 5.99. The number of hydrogen-bond acceptors (Lipinski definition) is 1. The van der Waals surface area contributed by atoms with Crippen molar-refractivity contribution >= 4 is 5.69 Å². The van der Waals surface area contributed by atoms with Crippen molar-refractivity contribution in [2.75, 3.05) is 5.32 Å². The van der Waals surface area contributed by atoms with Crippen LogP contribution in [0.2, 0.25) is 0 Å². The van der Waals surface area contributed by atoms with Crippen LogP contribution in [0.1, 0.15) is 50.7 Å². The van der Waals surface area contributed by atoms with Crippen LogP contribution >= 0.6 is 0 Å². The molecule has 0 heterocycles. The molecule has 0 amide bonds. The maximum absolute atomic E-state index is 12.9. The van der Waals surface area contributed by atoms with E-state index in [9.17, 15) is 13.2 Å². The number of hydrogen-bond donors (Lipinski definition) is 1. The van der Waals surface area contributed by atoms with Gasteiger partial charge in [0.25, 0.3) is 0 Å². The minimum atomic E-state index is -4.28. The number of nitrogens with one attached hydrogen (secondary N) is 1. The van der Waals surface area contributed by atoms with E-state index in [2.05, 4.69) is 19.2 Å². The van der Waals surface area contributed by atoms with E-state index < -0.39 is 11.7 Å². The lowest BCUT2D eigenvalue weighted by Gasteiger charge is -2.32. The molecule has 118 valence electrons. The van der Waals surface area contributed by atoms with Crippen molar-refractivity contribution in [3.8, 4) is 0 Å². The summed E-state index contributed by atoms with van der Waals surface area (Å²) in [7, 11) is 0. The fourth-order valence-corrected chi connectivity index (χ4v) is 3.18. The summed E-state index contributed by atoms with van der Waals surface area (Å²) < 4.78 is 38.8. The van der Waals surface area contributed by atoms with E-state index in [1.54, 1.807) is 12.1 Å². The van der Waals surface area contributed by atoms with Gasteiger partial charge in [0.05, 0.1) is 5.56 Å². The zero-order valence-electron chi connectivity index (χ0n) is 12.9. The third kappa shape index (κ3) is 4.14. The average molecular weight is 299 g/mol. The van der Waals surface area contributed by atoms with Crippen LogP contribution in [-0.2, 0) is 6.18 Å². The Hall–Kier alpha value is -1.19. The lowest BCUT2D eigenvalue weighted by molar-refractivity contribution is -0.138. The molecule has 0 spiro atoms. The van der Waals surface area contributed by atoms with Gasteiger partial charge in [-0.3, -0.25) is 0 Å². The highest BCUT2D eigenvalue weighted by molar-refractivity contribution is 5.50. The van der Waals surface area contributed by atoms with Crippen molar-refractivity contribution in [2.45, 2.75) is 58.7 Å². The van der Waals surface area contributed by atoms with E-state index >= 15 is 0 Å². The topological polar surface area (TPSA) is 12.0 Å². The number of halogens is 3. The second kappa shape index (κ2) is 6.29. The van der Waals surface area contributed by atoms with Gasteiger partial charge in [0, 0.05) is 11.7 Å². The van der Waals surface area contributed by atoms with Crippen molar-refractivity contribution < 1.29 is 13.2 Å². The molecular weight excluding hydrogens is 275 g/mol. The maximum atomic E-state index is 12.9. The predicted molar refractivity (Wildman–Crippen MR) is 80.4 cm³/mol. The summed E-state index contributed by atoms with van der Waals surface area (Å²) in [6.07, 6.45) is 0.119. The van der Waals surface area contributed by atoms with E-state index in [-0.39, 0.29) is 5.56 Å². The van der Waals surface area contributed by atoms with Crippen LogP contribution in [0.4, 0.5) is 18.9 Å². The van der Waals surface area contributed by atoms with Crippen molar-refractivity contribution in [1.29, 1.82) is 0 Å². The SMILES string of the molecule is Cc1ccc(NC2CCC(C(C)C)CC2)cc1C(F)(F)F. The van der Waals surface area contributed by atoms with Crippen LogP contribution in [0.25, 0.3) is 0 Å². The molecule has 0 atom stereocenters. The van der Waals surface area contributed by atoms with Gasteiger partial charge in [-0.15, -0.1) is 0 Å². The predicted octanol–water partition coefficient (Wildman–Crippen LogP) is 5.64. The molecule has 1 nitrogen and oxygen atoms in total. The monoisotopic (exact) mass is 299 g/mol. The molecule has 21 heavy (non-hydrogen) atoms. The fourth-order valence-electron chi connectivity index (χ4n) is 3.18. The third-order valence-corrected chi connectivity index (χ3v) is 4.63. The third-order valence-electron chi connectivity index (χ3n) is 4.63. The van der Waals surface area contributed by atoms with E-state index in [1.807, 2.05) is 0 Å². The van der Waals surface area contributed by atoms with E-state index in [0.29, 0.717) is 17.6 Å². The molecule has 1 aromatic carbocycles. The Labute approximate surface area is 124 Å². The van der Waals surface area contributed by atoms with Crippen molar-refractivity contribution in [2.24, 2.45) is 11.8 Å². The van der Waals surface area contributed by atoms with Gasteiger partial charge in [-0.25, -0.2) is 0 Å². The summed E-state index contributed by atoms with van der Waals surface area (Å²) >= 11 is 0. The summed E-state index contributed by atoms with van der Waals surface area (Å²) in [4.78, 5) is 0. The van der Waals surface area contributed by atoms with Gasteiger partial charge < -0.3 is 5.32 Å². The first-order valence-electron chi connectivity index (χ1n) is 7.71. The summed E-state index contributed by atoms with van der Waals surface area (Å²) in [5.41, 5.74) is 0.320. The molecule has 1 aliphatic carbocycles.